The summed E-state index contributed by atoms with van der Waals surface area (Å²) in [6.45, 7) is 7.05. The molecule has 5 nitrogen and oxygen atoms in total. The number of nitrogens with zero attached hydrogens (tertiary/aromatic N) is 2. The first-order valence-electron chi connectivity index (χ1n) is 12.1. The topological polar surface area (TPSA) is 66.6 Å². The van der Waals surface area contributed by atoms with Gasteiger partial charge in [-0.05, 0) is 47.6 Å². The fourth-order valence-corrected chi connectivity index (χ4v) is 6.46. The Hall–Kier alpha value is -3.38. The van der Waals surface area contributed by atoms with Crippen LogP contribution >= 0.6 is 11.3 Å². The van der Waals surface area contributed by atoms with Crippen LogP contribution in [0.4, 0.5) is 0 Å². The minimum atomic E-state index is 0.406. The van der Waals surface area contributed by atoms with Crippen LogP contribution < -0.4 is 4.74 Å². The van der Waals surface area contributed by atoms with Crippen molar-refractivity contribution in [2.24, 2.45) is 0 Å². The Kier molecular flexibility index (Phi) is 4.31. The second kappa shape index (κ2) is 7.31. The van der Waals surface area contributed by atoms with E-state index in [9.17, 15) is 0 Å². The first kappa shape index (κ1) is 20.0. The summed E-state index contributed by atoms with van der Waals surface area (Å²) in [6, 6.07) is 13.4. The predicted octanol–water partition coefficient (Wildman–Crippen LogP) is 7.03. The zero-order chi connectivity index (χ0) is 23.0. The summed E-state index contributed by atoms with van der Waals surface area (Å²) in [5.41, 5.74) is 9.53. The Balaban J connectivity index is 1.30. The van der Waals surface area contributed by atoms with Gasteiger partial charge in [0, 0.05) is 38.7 Å². The normalized spacial score (nSPS) is 14.0. The number of hydrogen-bond donors (Lipinski definition) is 2. The first-order valence-corrected chi connectivity index (χ1v) is 12.9. The summed E-state index contributed by atoms with van der Waals surface area (Å²) in [4.78, 5) is 18.0. The summed E-state index contributed by atoms with van der Waals surface area (Å²) in [5.74, 6) is 3.43. The summed E-state index contributed by atoms with van der Waals surface area (Å²) in [6.07, 6.45) is 2.96. The van der Waals surface area contributed by atoms with Gasteiger partial charge < -0.3 is 14.7 Å². The number of benzene rings is 2. The molecule has 0 saturated heterocycles. The van der Waals surface area contributed by atoms with Gasteiger partial charge >= 0.3 is 0 Å². The lowest BCUT2D eigenvalue weighted by molar-refractivity contribution is 0.298. The highest BCUT2D eigenvalue weighted by atomic mass is 32.1. The summed E-state index contributed by atoms with van der Waals surface area (Å²) >= 11 is 1.88. The smallest absolute Gasteiger partial charge is 0.130 e. The maximum absolute atomic E-state index is 6.12. The van der Waals surface area contributed by atoms with Gasteiger partial charge in [-0.25, -0.2) is 9.97 Å². The van der Waals surface area contributed by atoms with Gasteiger partial charge in [0.15, 0.2) is 0 Å². The van der Waals surface area contributed by atoms with Gasteiger partial charge in [-0.3, -0.25) is 0 Å². The largest absolute Gasteiger partial charge is 0.487 e. The number of nitrogens with one attached hydrogen (secondary N) is 2. The second-order valence-electron chi connectivity index (χ2n) is 9.59. The van der Waals surface area contributed by atoms with E-state index in [0.29, 0.717) is 12.5 Å². The number of aryl methyl sites for hydroxylation is 3. The number of hydrogen-bond acceptors (Lipinski definition) is 4. The van der Waals surface area contributed by atoms with E-state index >= 15 is 0 Å². The minimum absolute atomic E-state index is 0.406. The maximum atomic E-state index is 6.12. The van der Waals surface area contributed by atoms with Crippen molar-refractivity contribution in [3.05, 3.63) is 65.0 Å². The van der Waals surface area contributed by atoms with Crippen molar-refractivity contribution in [3.63, 3.8) is 0 Å². The number of ether oxygens (including phenoxy) is 1. The number of H-pyrrole nitrogens is 2. The van der Waals surface area contributed by atoms with Crippen LogP contribution in [0.2, 0.25) is 0 Å². The van der Waals surface area contributed by atoms with Crippen molar-refractivity contribution in [1.29, 1.82) is 0 Å². The molecule has 3 aromatic heterocycles. The standard InChI is InChI=1S/C28H26N4OS/c1-4-24-29-21-13-33-22-11-15(5-8-19(22)26(21)31-24)23-12-16-6-7-17-18(27(16)34-23)9-10-20-25(17)32-28(30-20)14(2)3/h5-8,11-12,14H,4,9-10,13H2,1-3H3,(H,29,31)(H,30,32). The Morgan fingerprint density at radius 3 is 2.68 bits per heavy atom. The molecule has 4 heterocycles. The molecule has 6 heteroatoms. The van der Waals surface area contributed by atoms with Crippen molar-refractivity contribution in [2.75, 3.05) is 0 Å². The van der Waals surface area contributed by atoms with E-state index < -0.39 is 0 Å². The van der Waals surface area contributed by atoms with Gasteiger partial charge in [0.1, 0.15) is 24.0 Å². The van der Waals surface area contributed by atoms with Gasteiger partial charge in [0.25, 0.3) is 0 Å². The Labute approximate surface area is 202 Å². The number of rotatable bonds is 3. The Bertz CT molecular complexity index is 1590. The monoisotopic (exact) mass is 466 g/mol. The van der Waals surface area contributed by atoms with E-state index in [1.165, 1.54) is 37.3 Å². The summed E-state index contributed by atoms with van der Waals surface area (Å²) < 4.78 is 7.50. The third-order valence-electron chi connectivity index (χ3n) is 7.07. The number of thiophene rings is 1. The average molecular weight is 467 g/mol. The van der Waals surface area contributed by atoms with Crippen molar-refractivity contribution < 1.29 is 4.74 Å². The van der Waals surface area contributed by atoms with E-state index in [-0.39, 0.29) is 0 Å². The highest BCUT2D eigenvalue weighted by molar-refractivity contribution is 7.22. The van der Waals surface area contributed by atoms with Crippen LogP contribution in [0.25, 0.3) is 43.0 Å². The second-order valence-corrected chi connectivity index (χ2v) is 10.6. The van der Waals surface area contributed by atoms with Crippen molar-refractivity contribution >= 4 is 21.4 Å². The lowest BCUT2D eigenvalue weighted by atomic mass is 9.91. The van der Waals surface area contributed by atoms with Gasteiger partial charge in [-0.2, -0.15) is 0 Å². The molecule has 0 bridgehead atoms. The Morgan fingerprint density at radius 1 is 0.971 bits per heavy atom. The van der Waals surface area contributed by atoms with Crippen molar-refractivity contribution in [2.45, 2.75) is 52.6 Å². The number of fused-ring (bicyclic) bond motifs is 8. The molecule has 2 N–H and O–H groups in total. The van der Waals surface area contributed by atoms with Crippen LogP contribution in [0.1, 0.15) is 55.3 Å². The molecule has 5 aromatic rings. The molecule has 170 valence electrons. The molecule has 0 radical (unpaired) electrons. The van der Waals surface area contributed by atoms with Crippen LogP contribution in [-0.2, 0) is 25.9 Å². The van der Waals surface area contributed by atoms with E-state index in [2.05, 4.69) is 67.1 Å². The quantitative estimate of drug-likeness (QED) is 0.300. The van der Waals surface area contributed by atoms with Crippen LogP contribution in [-0.4, -0.2) is 19.9 Å². The fourth-order valence-electron chi connectivity index (χ4n) is 5.23. The molecule has 1 aliphatic heterocycles. The molecule has 0 spiro atoms. The molecule has 1 aliphatic carbocycles. The summed E-state index contributed by atoms with van der Waals surface area (Å²) in [7, 11) is 0. The summed E-state index contributed by atoms with van der Waals surface area (Å²) in [5, 5.41) is 1.31. The molecule has 0 atom stereocenters. The van der Waals surface area contributed by atoms with Crippen LogP contribution in [0.15, 0.2) is 36.4 Å². The molecule has 2 aromatic carbocycles. The Morgan fingerprint density at radius 2 is 1.82 bits per heavy atom. The van der Waals surface area contributed by atoms with E-state index in [4.69, 9.17) is 14.7 Å². The van der Waals surface area contributed by atoms with E-state index in [1.807, 2.05) is 11.3 Å². The van der Waals surface area contributed by atoms with E-state index in [1.54, 1.807) is 0 Å². The van der Waals surface area contributed by atoms with Gasteiger partial charge in [0.2, 0.25) is 0 Å². The molecule has 2 aliphatic rings. The first-order chi connectivity index (χ1) is 16.6. The zero-order valence-electron chi connectivity index (χ0n) is 19.6. The van der Waals surface area contributed by atoms with Crippen molar-refractivity contribution in [3.8, 4) is 38.7 Å². The van der Waals surface area contributed by atoms with Crippen LogP contribution in [0.5, 0.6) is 5.75 Å². The zero-order valence-corrected chi connectivity index (χ0v) is 20.4. The molecule has 0 fully saturated rings. The molecular weight excluding hydrogens is 440 g/mol. The SMILES string of the molecule is CCc1nc2c([nH]1)COc1cc(-c3cc4ccc5c(c4s3)CCc3[nH]c(C(C)C)nc3-5)ccc1-2. The van der Waals surface area contributed by atoms with E-state index in [0.717, 1.165) is 59.3 Å². The number of aromatic amines is 2. The van der Waals surface area contributed by atoms with Gasteiger partial charge in [-0.15, -0.1) is 11.3 Å². The predicted molar refractivity (Wildman–Crippen MR) is 138 cm³/mol. The molecule has 0 unspecified atom stereocenters. The molecule has 34 heavy (non-hydrogen) atoms. The molecule has 0 saturated carbocycles. The van der Waals surface area contributed by atoms with Gasteiger partial charge in [0.05, 0.1) is 17.1 Å². The highest BCUT2D eigenvalue weighted by Gasteiger charge is 2.25. The van der Waals surface area contributed by atoms with Crippen molar-refractivity contribution in [1.82, 2.24) is 19.9 Å². The lowest BCUT2D eigenvalue weighted by Crippen LogP contribution is -2.05. The molecule has 0 amide bonds. The highest BCUT2D eigenvalue weighted by Crippen LogP contribution is 2.44. The fraction of sp³-hybridized carbons (Fsp3) is 0.286. The lowest BCUT2D eigenvalue weighted by Gasteiger charge is -2.17. The average Bonchev–Trinajstić information content (AvgIpc) is 3.59. The van der Waals surface area contributed by atoms with Crippen LogP contribution in [0, 0.1) is 0 Å². The minimum Gasteiger partial charge on any atom is -0.487 e. The van der Waals surface area contributed by atoms with Crippen LogP contribution in [0.3, 0.4) is 0 Å². The third-order valence-corrected chi connectivity index (χ3v) is 8.33. The molecule has 7 rings (SSSR count). The van der Waals surface area contributed by atoms with Gasteiger partial charge in [-0.1, -0.05) is 39.0 Å². The third kappa shape index (κ3) is 2.91. The maximum Gasteiger partial charge on any atom is 0.130 e. The molecular formula is C28H26N4OS. The number of imidazole rings is 2. The number of aromatic nitrogens is 4.